The normalized spacial score (nSPS) is 16.3. The van der Waals surface area contributed by atoms with Crippen molar-refractivity contribution in [2.45, 2.75) is 145 Å². The van der Waals surface area contributed by atoms with Crippen molar-refractivity contribution in [2.75, 3.05) is 26.2 Å². The maximum absolute atomic E-state index is 15.1. The molecule has 102 heavy (non-hydrogen) atoms. The number of carboxylic acids is 1. The number of aliphatic hydroxyl groups is 1. The quantitative estimate of drug-likeness (QED) is 0.0125. The van der Waals surface area contributed by atoms with Crippen molar-refractivity contribution >= 4 is 98.7 Å². The van der Waals surface area contributed by atoms with Crippen molar-refractivity contribution in [3.8, 4) is 5.75 Å². The fourth-order valence-electron chi connectivity index (χ4n) is 11.5. The lowest BCUT2D eigenvalue weighted by Gasteiger charge is -2.30. The topological polar surface area (TPSA) is 528 Å². The molecule has 11 amide bonds. The number of aliphatic carboxylic acids is 1. The second-order valence-electron chi connectivity index (χ2n) is 24.8. The van der Waals surface area contributed by atoms with Gasteiger partial charge in [0.1, 0.15) is 60.1 Å². The number of aromatic nitrogens is 4. The van der Waals surface area contributed by atoms with Gasteiger partial charge in [-0.25, -0.2) is 9.78 Å². The summed E-state index contributed by atoms with van der Waals surface area (Å²) in [5, 5.41) is 53.6. The van der Waals surface area contributed by atoms with Crippen LogP contribution in [-0.4, -0.2) is 204 Å². The Morgan fingerprint density at radius 2 is 1.17 bits per heavy atom. The number of aromatic amines is 3. The number of rotatable bonds is 33. The Hall–Kier alpha value is -11.6. The maximum atomic E-state index is 15.1. The molecule has 0 aliphatic carbocycles. The average Bonchev–Trinajstić information content (AvgIpc) is 1.43. The first kappa shape index (κ1) is 77.8. The summed E-state index contributed by atoms with van der Waals surface area (Å²) in [6.45, 7) is 2.33. The number of halogens is 3. The number of carbonyl (C=O) groups excluding carboxylic acids is 11. The number of benzene rings is 3. The number of aromatic hydroxyl groups is 1. The lowest BCUT2D eigenvalue weighted by molar-refractivity contribution is -0.192. The highest BCUT2D eigenvalue weighted by Crippen LogP contribution is 2.24. The molecule has 8 rings (SSSR count). The number of phenolic OH excluding ortho intramolecular Hbond substituents is 1. The molecule has 33 nitrogen and oxygen atoms in total. The summed E-state index contributed by atoms with van der Waals surface area (Å²) in [6.07, 6.45) is 1.43. The van der Waals surface area contributed by atoms with Crippen LogP contribution in [-0.2, 0) is 83.2 Å². The van der Waals surface area contributed by atoms with E-state index in [0.29, 0.717) is 50.6 Å². The molecule has 2 aliphatic heterocycles. The second-order valence-corrected chi connectivity index (χ2v) is 24.8. The zero-order valence-electron chi connectivity index (χ0n) is 55.6. The number of carbonyl (C=O) groups is 12. The van der Waals surface area contributed by atoms with Gasteiger partial charge in [-0.3, -0.25) is 57.7 Å². The number of imidazole rings is 1. The molecule has 0 saturated carbocycles. The van der Waals surface area contributed by atoms with Gasteiger partial charge in [-0.05, 0) is 85.4 Å². The van der Waals surface area contributed by atoms with Crippen LogP contribution in [0.4, 0.5) is 13.2 Å². The first-order valence-electron chi connectivity index (χ1n) is 32.6. The van der Waals surface area contributed by atoms with Crippen LogP contribution < -0.4 is 65.1 Å². The zero-order chi connectivity index (χ0) is 74.4. The van der Waals surface area contributed by atoms with Crippen LogP contribution in [0.1, 0.15) is 81.2 Å². The first-order chi connectivity index (χ1) is 48.5. The minimum Gasteiger partial charge on any atom is -0.508 e. The van der Waals surface area contributed by atoms with Crippen LogP contribution in [0, 0.1) is 5.92 Å². The molecule has 548 valence electrons. The van der Waals surface area contributed by atoms with Crippen molar-refractivity contribution in [3.05, 3.63) is 120 Å². The van der Waals surface area contributed by atoms with E-state index in [1.807, 2.05) is 0 Å². The number of carboxylic acid groups (broad SMARTS) is 1. The SMILES string of the molecule is CC(C)C[C@H](NC(=O)[C@@H](Cc1c[nH]c2ccccc12)NC(=O)[C@H](Cc1ccc(O)cc1)NC(=O)[C@H](CO)NC(=O)[C@H](Cc1c[nH]c2ccccc12)NC(=O)[C@@H](Cc1cnc[nH]1)NC(=O)[C@@H]1CCC(=O)N1)C(=O)N[C@@H](CCCN=C(N)N)C(=O)N1CCC[C@H]1C(=O)NCC(N)=O.O=C(O)C(F)(F)F. The van der Waals surface area contributed by atoms with Gasteiger partial charge in [-0.15, -0.1) is 0 Å². The van der Waals surface area contributed by atoms with E-state index in [2.05, 4.69) is 72.8 Å². The van der Waals surface area contributed by atoms with E-state index in [9.17, 15) is 66.5 Å². The molecule has 0 unspecified atom stereocenters. The number of nitrogens with two attached hydrogens (primary N) is 3. The zero-order valence-corrected chi connectivity index (χ0v) is 55.6. The Morgan fingerprint density at radius 1 is 0.657 bits per heavy atom. The maximum Gasteiger partial charge on any atom is 0.490 e. The van der Waals surface area contributed by atoms with Crippen molar-refractivity contribution in [3.63, 3.8) is 0 Å². The predicted octanol–water partition coefficient (Wildman–Crippen LogP) is -1.66. The largest absolute Gasteiger partial charge is 0.508 e. The number of guanidine groups is 1. The molecule has 0 spiro atoms. The molecule has 0 bridgehead atoms. The lowest BCUT2D eigenvalue weighted by Crippen LogP contribution is -2.61. The number of aliphatic hydroxyl groups excluding tert-OH is 1. The van der Waals surface area contributed by atoms with Gasteiger partial charge in [0.05, 0.1) is 19.5 Å². The van der Waals surface area contributed by atoms with E-state index < -0.39 is 139 Å². The van der Waals surface area contributed by atoms with Crippen LogP contribution in [0.25, 0.3) is 21.8 Å². The van der Waals surface area contributed by atoms with Gasteiger partial charge in [-0.2, -0.15) is 13.2 Å². The first-order valence-corrected chi connectivity index (χ1v) is 32.6. The number of primary amides is 1. The Morgan fingerprint density at radius 3 is 1.67 bits per heavy atom. The number of phenols is 1. The molecule has 36 heteroatoms. The Kier molecular flexibility index (Phi) is 27.8. The number of nitrogens with one attached hydrogen (secondary N) is 12. The number of H-pyrrole nitrogens is 3. The van der Waals surface area contributed by atoms with Gasteiger partial charge in [0, 0.05) is 91.3 Å². The smallest absolute Gasteiger partial charge is 0.490 e. The highest BCUT2D eigenvalue weighted by molar-refractivity contribution is 6.00. The van der Waals surface area contributed by atoms with E-state index in [-0.39, 0.29) is 101 Å². The highest BCUT2D eigenvalue weighted by atomic mass is 19.4. The molecule has 2 fully saturated rings. The number of para-hydroxylation sites is 2. The molecule has 2 aliphatic rings. The standard InChI is InChI=1S/C64H82N18O13.C2HF3O2/c1-34(2)23-46(56(88)75-45(13-7-21-69-64(66)67)63(95)82-22-8-14-52(82)62(94)72-31-53(65)85)76-58(90)48(25-36-28-70-42-11-5-3-9-40(36)42)78-57(89)47(24-35-15-17-39(84)18-16-35)77-61(93)51(32-83)81-59(91)49(26-37-29-71-43-12-6-4-10-41(37)43)79-60(92)50(27-38-30-68-33-73-38)80-55(87)44-19-20-54(86)74-44;3-2(4,5)1(6)7/h3-6,9-12,15-18,28-30,33-34,44-52,70-71,83-84H,7-8,13-14,19-27,31-32H2,1-2H3,(H2,65,85)(H,68,73)(H,72,94)(H,74,86)(H,75,88)(H,76,90)(H,77,93)(H,78,89)(H,79,92)(H,80,87)(H,81,91)(H4,66,67,69);(H,6,7)/t44-,45-,46-,47-,48+,49-,50+,51-,52-;/m0./s1. The van der Waals surface area contributed by atoms with Gasteiger partial charge in [0.25, 0.3) is 0 Å². The molecule has 5 heterocycles. The number of likely N-dealkylation sites (tertiary alicyclic amines) is 1. The number of aliphatic imine (C=N–C) groups is 1. The fraction of sp³-hybridized carbons (Fsp3) is 0.424. The number of amides is 11. The summed E-state index contributed by atoms with van der Waals surface area (Å²) < 4.78 is 31.7. The molecule has 3 aromatic carbocycles. The van der Waals surface area contributed by atoms with Crippen LogP contribution in [0.5, 0.6) is 5.75 Å². The third kappa shape index (κ3) is 22.7. The minimum atomic E-state index is -5.08. The van der Waals surface area contributed by atoms with Crippen molar-refractivity contribution in [1.29, 1.82) is 0 Å². The van der Waals surface area contributed by atoms with Crippen LogP contribution in [0.3, 0.4) is 0 Å². The molecular weight excluding hydrogens is 1340 g/mol. The molecular formula is C66H83F3N18O15. The minimum absolute atomic E-state index is 0.00905. The molecule has 6 aromatic rings. The predicted molar refractivity (Wildman–Crippen MR) is 360 cm³/mol. The van der Waals surface area contributed by atoms with Gasteiger partial charge in [0.15, 0.2) is 5.96 Å². The Labute approximate surface area is 580 Å². The van der Waals surface area contributed by atoms with Crippen molar-refractivity contribution in [2.24, 2.45) is 28.1 Å². The number of alkyl halides is 3. The number of hydrogen-bond acceptors (Lipinski definition) is 16. The summed E-state index contributed by atoms with van der Waals surface area (Å²) in [4.78, 5) is 181. The van der Waals surface area contributed by atoms with E-state index in [1.165, 1.54) is 41.7 Å². The lowest BCUT2D eigenvalue weighted by atomic mass is 9.99. The summed E-state index contributed by atoms with van der Waals surface area (Å²) in [7, 11) is 0. The van der Waals surface area contributed by atoms with E-state index in [0.717, 1.165) is 0 Å². The summed E-state index contributed by atoms with van der Waals surface area (Å²) >= 11 is 0. The number of hydrogen-bond donors (Lipinski definition) is 18. The fourth-order valence-corrected chi connectivity index (χ4v) is 11.5. The average molecular weight is 1430 g/mol. The Balaban J connectivity index is 0.00000198. The van der Waals surface area contributed by atoms with Crippen molar-refractivity contribution in [1.82, 2.24) is 72.7 Å². The number of fused-ring (bicyclic) bond motifs is 2. The van der Waals surface area contributed by atoms with Gasteiger partial charge in [0.2, 0.25) is 65.0 Å². The molecule has 9 atom stereocenters. The monoisotopic (exact) mass is 1420 g/mol. The van der Waals surface area contributed by atoms with Crippen molar-refractivity contribution < 1.29 is 86.0 Å². The second kappa shape index (κ2) is 36.5. The van der Waals surface area contributed by atoms with Gasteiger partial charge in [-0.1, -0.05) is 62.4 Å². The van der Waals surface area contributed by atoms with Crippen LogP contribution in [0.2, 0.25) is 0 Å². The molecule has 21 N–H and O–H groups in total. The molecule has 3 aromatic heterocycles. The molecule has 2 saturated heterocycles. The van der Waals surface area contributed by atoms with Gasteiger partial charge < -0.3 is 100 Å². The third-order valence-corrected chi connectivity index (χ3v) is 16.6. The third-order valence-electron chi connectivity index (χ3n) is 16.6. The molecule has 0 radical (unpaired) electrons. The van der Waals surface area contributed by atoms with E-state index >= 15 is 9.59 Å². The number of nitrogens with zero attached hydrogens (tertiary/aromatic N) is 3. The summed E-state index contributed by atoms with van der Waals surface area (Å²) in [5.41, 5.74) is 19.8. The van der Waals surface area contributed by atoms with Crippen LogP contribution >= 0.6 is 0 Å². The Bertz CT molecular complexity index is 3990. The van der Waals surface area contributed by atoms with Gasteiger partial charge >= 0.3 is 12.1 Å². The van der Waals surface area contributed by atoms with E-state index in [4.69, 9.17) is 27.1 Å². The highest BCUT2D eigenvalue weighted by Gasteiger charge is 2.41. The summed E-state index contributed by atoms with van der Waals surface area (Å²) in [6, 6.07) is 7.78. The summed E-state index contributed by atoms with van der Waals surface area (Å²) in [5.74, 6) is -11.8. The van der Waals surface area contributed by atoms with E-state index in [1.54, 1.807) is 74.8 Å². The van der Waals surface area contributed by atoms with Crippen LogP contribution in [0.15, 0.2) is 103 Å².